The van der Waals surface area contributed by atoms with E-state index in [2.05, 4.69) is 0 Å². The van der Waals surface area contributed by atoms with Crippen LogP contribution in [0.1, 0.15) is 0 Å². The lowest BCUT2D eigenvalue weighted by atomic mass is 10.3. The lowest BCUT2D eigenvalue weighted by Gasteiger charge is -1.91. The van der Waals surface area contributed by atoms with Gasteiger partial charge in [0.2, 0.25) is 5.69 Å². The van der Waals surface area contributed by atoms with E-state index in [1.807, 2.05) is 30.3 Å². The Balaban J connectivity index is 2.40. The Hall–Kier alpha value is -1.70. The van der Waals surface area contributed by atoms with E-state index in [9.17, 15) is 4.79 Å². The van der Waals surface area contributed by atoms with Crippen LogP contribution in [0.3, 0.4) is 0 Å². The van der Waals surface area contributed by atoms with Crippen molar-refractivity contribution in [3.8, 4) is 0 Å². The molecule has 0 unspecified atom stereocenters. The van der Waals surface area contributed by atoms with Crippen LogP contribution in [0.4, 0.5) is 5.69 Å². The molecule has 0 saturated heterocycles. The highest BCUT2D eigenvalue weighted by molar-refractivity contribution is 5.95. The third-order valence-electron chi connectivity index (χ3n) is 1.75. The molecule has 0 bridgehead atoms. The molecule has 0 fully saturated rings. The Labute approximate surface area is 70.5 Å². The Kier molecular flexibility index (Phi) is 1.59. The second-order valence-electron chi connectivity index (χ2n) is 2.55. The molecule has 0 spiro atoms. The summed E-state index contributed by atoms with van der Waals surface area (Å²) in [5, 5.41) is 0. The maximum absolute atomic E-state index is 11.2. The minimum Gasteiger partial charge on any atom is -0.214 e. The number of benzene rings is 1. The molecule has 0 N–H and O–H groups in total. The van der Waals surface area contributed by atoms with Crippen molar-refractivity contribution in [3.05, 3.63) is 42.5 Å². The number of carbonyl (C=O) groups excluding carboxylic acids is 1. The molecule has 2 rings (SSSR count). The number of nitrogens with zero attached hydrogens (tertiary/aromatic N) is 1. The first-order valence-electron chi connectivity index (χ1n) is 3.78. The minimum atomic E-state index is 0.0150. The third-order valence-corrected chi connectivity index (χ3v) is 1.75. The van der Waals surface area contributed by atoms with E-state index in [4.69, 9.17) is 0 Å². The first kappa shape index (κ1) is 6.98. The van der Waals surface area contributed by atoms with Crippen molar-refractivity contribution in [1.29, 1.82) is 0 Å². The van der Waals surface area contributed by atoms with Gasteiger partial charge in [0.25, 0.3) is 0 Å². The molecule has 0 saturated carbocycles. The van der Waals surface area contributed by atoms with E-state index in [-0.39, 0.29) is 5.91 Å². The van der Waals surface area contributed by atoms with Crippen molar-refractivity contribution in [3.63, 3.8) is 0 Å². The van der Waals surface area contributed by atoms with E-state index >= 15 is 0 Å². The van der Waals surface area contributed by atoms with Crippen molar-refractivity contribution in [2.24, 2.45) is 0 Å². The molecule has 2 nitrogen and oxygen atoms in total. The normalized spacial score (nSPS) is 15.0. The van der Waals surface area contributed by atoms with Gasteiger partial charge in [0, 0.05) is 18.2 Å². The number of carbonyl (C=O) groups is 1. The van der Waals surface area contributed by atoms with Gasteiger partial charge in [0.1, 0.15) is 0 Å². The van der Waals surface area contributed by atoms with Gasteiger partial charge in [-0.15, -0.1) is 4.58 Å². The Bertz CT molecular complexity index is 363. The fraction of sp³-hybridized carbons (Fsp3) is 0. The number of amides is 1. The van der Waals surface area contributed by atoms with Crippen molar-refractivity contribution < 1.29 is 9.37 Å². The van der Waals surface area contributed by atoms with E-state index in [1.165, 1.54) is 0 Å². The van der Waals surface area contributed by atoms with Gasteiger partial charge in [0.05, 0.1) is 6.08 Å². The average Bonchev–Trinajstić information content (AvgIpc) is 2.53. The van der Waals surface area contributed by atoms with Gasteiger partial charge in [-0.1, -0.05) is 18.2 Å². The standard InChI is InChI=1S/C10H8NO/c12-10-7-4-8-11(10)9-5-2-1-3-6-9/h1-8H/q+1. The number of hydrogen-bond donors (Lipinski definition) is 0. The second-order valence-corrected chi connectivity index (χ2v) is 2.55. The highest BCUT2D eigenvalue weighted by Crippen LogP contribution is 2.11. The van der Waals surface area contributed by atoms with Gasteiger partial charge in [-0.3, -0.25) is 0 Å². The summed E-state index contributed by atoms with van der Waals surface area (Å²) in [6, 6.07) is 9.56. The molecule has 1 amide bonds. The van der Waals surface area contributed by atoms with Gasteiger partial charge in [-0.05, 0) is 0 Å². The predicted octanol–water partition coefficient (Wildman–Crippen LogP) is 1.50. The van der Waals surface area contributed by atoms with E-state index in [1.54, 1.807) is 22.9 Å². The SMILES string of the molecule is O=C1C=CC=[N+]1c1ccccc1. The number of para-hydroxylation sites is 1. The maximum atomic E-state index is 11.2. The smallest absolute Gasteiger partial charge is 0.214 e. The summed E-state index contributed by atoms with van der Waals surface area (Å²) in [5.41, 5.74) is 0.910. The van der Waals surface area contributed by atoms with Crippen LogP contribution in [-0.4, -0.2) is 16.7 Å². The Morgan fingerprint density at radius 2 is 1.83 bits per heavy atom. The lowest BCUT2D eigenvalue weighted by Crippen LogP contribution is -2.08. The molecule has 0 radical (unpaired) electrons. The molecule has 0 atom stereocenters. The van der Waals surface area contributed by atoms with Crippen molar-refractivity contribution in [2.75, 3.05) is 0 Å². The first-order chi connectivity index (χ1) is 5.88. The van der Waals surface area contributed by atoms with Crippen LogP contribution in [-0.2, 0) is 4.79 Å². The zero-order valence-corrected chi connectivity index (χ0v) is 6.47. The summed E-state index contributed by atoms with van der Waals surface area (Å²) in [5.74, 6) is 0.0150. The van der Waals surface area contributed by atoms with E-state index in [0.29, 0.717) is 0 Å². The van der Waals surface area contributed by atoms with Crippen molar-refractivity contribution in [2.45, 2.75) is 0 Å². The highest BCUT2D eigenvalue weighted by Gasteiger charge is 2.19. The number of rotatable bonds is 1. The average molecular weight is 158 g/mol. The molecule has 1 aromatic carbocycles. The number of allylic oxidation sites excluding steroid dienone is 1. The molecule has 1 aliphatic heterocycles. The fourth-order valence-corrected chi connectivity index (χ4v) is 1.17. The van der Waals surface area contributed by atoms with E-state index < -0.39 is 0 Å². The van der Waals surface area contributed by atoms with Gasteiger partial charge < -0.3 is 0 Å². The molecule has 58 valence electrons. The third kappa shape index (κ3) is 1.07. The fourth-order valence-electron chi connectivity index (χ4n) is 1.17. The molecule has 1 aromatic rings. The van der Waals surface area contributed by atoms with Crippen LogP contribution >= 0.6 is 0 Å². The van der Waals surface area contributed by atoms with Crippen molar-refractivity contribution in [1.82, 2.24) is 0 Å². The van der Waals surface area contributed by atoms with Gasteiger partial charge >= 0.3 is 5.91 Å². The molecule has 2 heteroatoms. The molecular weight excluding hydrogens is 150 g/mol. The Morgan fingerprint density at radius 3 is 2.42 bits per heavy atom. The van der Waals surface area contributed by atoms with Gasteiger partial charge in [-0.2, -0.15) is 0 Å². The Morgan fingerprint density at radius 1 is 1.08 bits per heavy atom. The zero-order valence-electron chi connectivity index (χ0n) is 6.47. The van der Waals surface area contributed by atoms with Crippen LogP contribution in [0, 0.1) is 0 Å². The zero-order chi connectivity index (χ0) is 8.39. The quantitative estimate of drug-likeness (QED) is 0.567. The van der Waals surface area contributed by atoms with Gasteiger partial charge in [-0.25, -0.2) is 4.79 Å². The number of hydrogen-bond acceptors (Lipinski definition) is 1. The summed E-state index contributed by atoms with van der Waals surface area (Å²) < 4.78 is 1.61. The summed E-state index contributed by atoms with van der Waals surface area (Å²) in [4.78, 5) is 11.2. The van der Waals surface area contributed by atoms with Crippen LogP contribution in [0.25, 0.3) is 0 Å². The van der Waals surface area contributed by atoms with Crippen LogP contribution in [0.2, 0.25) is 0 Å². The summed E-state index contributed by atoms with van der Waals surface area (Å²) >= 11 is 0. The van der Waals surface area contributed by atoms with E-state index in [0.717, 1.165) is 5.69 Å². The van der Waals surface area contributed by atoms with Crippen LogP contribution in [0.5, 0.6) is 0 Å². The summed E-state index contributed by atoms with van der Waals surface area (Å²) in [6.07, 6.45) is 5.06. The van der Waals surface area contributed by atoms with Gasteiger partial charge in [0.15, 0.2) is 6.21 Å². The topological polar surface area (TPSA) is 20.1 Å². The first-order valence-corrected chi connectivity index (χ1v) is 3.78. The minimum absolute atomic E-state index is 0.0150. The molecule has 0 aromatic heterocycles. The lowest BCUT2D eigenvalue weighted by molar-refractivity contribution is -0.353. The molecular formula is C10H8NO+. The van der Waals surface area contributed by atoms with Crippen LogP contribution < -0.4 is 0 Å². The molecule has 0 aliphatic carbocycles. The molecule has 1 heterocycles. The predicted molar refractivity (Wildman–Crippen MR) is 46.6 cm³/mol. The monoisotopic (exact) mass is 158 g/mol. The largest absolute Gasteiger partial charge is 0.418 e. The van der Waals surface area contributed by atoms with Crippen molar-refractivity contribution >= 4 is 17.8 Å². The molecule has 1 aliphatic rings. The molecule has 12 heavy (non-hydrogen) atoms. The van der Waals surface area contributed by atoms with Crippen LogP contribution in [0.15, 0.2) is 42.5 Å². The summed E-state index contributed by atoms with van der Waals surface area (Å²) in [6.45, 7) is 0. The highest BCUT2D eigenvalue weighted by atomic mass is 16.2. The second kappa shape index (κ2) is 2.74. The maximum Gasteiger partial charge on any atom is 0.418 e. The summed E-state index contributed by atoms with van der Waals surface area (Å²) in [7, 11) is 0.